The Bertz CT molecular complexity index is 752. The second-order valence-electron chi connectivity index (χ2n) is 5.71. The first kappa shape index (κ1) is 17.9. The van der Waals surface area contributed by atoms with E-state index in [4.69, 9.17) is 16.7 Å². The standard InChI is InChI=1S/C16H16ClF3N4O/c17-10-3-1-9(2-4-10)14-11-5-6-21-7-12(11)15(24-23-14)22-13(8-25)16(18,19)20/h1-4,13,21,25H,5-8H2,(H,22,24)/t13-/m0/s1. The first-order chi connectivity index (χ1) is 11.9. The molecular weight excluding hydrogens is 357 g/mol. The predicted molar refractivity (Wildman–Crippen MR) is 88.4 cm³/mol. The fourth-order valence-corrected chi connectivity index (χ4v) is 2.87. The van der Waals surface area contributed by atoms with Crippen LogP contribution in [0.2, 0.25) is 5.02 Å². The third-order valence-electron chi connectivity index (χ3n) is 4.05. The van der Waals surface area contributed by atoms with Crippen molar-refractivity contribution in [3.8, 4) is 11.3 Å². The van der Waals surface area contributed by atoms with E-state index in [0.717, 1.165) is 11.1 Å². The van der Waals surface area contributed by atoms with Gasteiger partial charge < -0.3 is 15.7 Å². The van der Waals surface area contributed by atoms with E-state index in [1.165, 1.54) is 0 Å². The zero-order chi connectivity index (χ0) is 18.0. The van der Waals surface area contributed by atoms with Crippen LogP contribution in [0.1, 0.15) is 11.1 Å². The summed E-state index contributed by atoms with van der Waals surface area (Å²) in [5.41, 5.74) is 2.91. The second kappa shape index (κ2) is 7.15. The van der Waals surface area contributed by atoms with Crippen molar-refractivity contribution in [2.75, 3.05) is 18.5 Å². The summed E-state index contributed by atoms with van der Waals surface area (Å²) in [5, 5.41) is 23.1. The molecule has 0 unspecified atom stereocenters. The number of aliphatic hydroxyl groups is 1. The first-order valence-corrected chi connectivity index (χ1v) is 8.07. The summed E-state index contributed by atoms with van der Waals surface area (Å²) in [6.07, 6.45) is -3.96. The van der Waals surface area contributed by atoms with E-state index in [2.05, 4.69) is 20.8 Å². The van der Waals surface area contributed by atoms with Gasteiger partial charge in [-0.2, -0.15) is 13.2 Å². The Hall–Kier alpha value is -1.90. The zero-order valence-corrected chi connectivity index (χ0v) is 13.8. The molecule has 2 heterocycles. The van der Waals surface area contributed by atoms with E-state index < -0.39 is 18.8 Å². The van der Waals surface area contributed by atoms with Gasteiger partial charge in [0.2, 0.25) is 0 Å². The lowest BCUT2D eigenvalue weighted by atomic mass is 9.96. The number of benzene rings is 1. The Morgan fingerprint density at radius 1 is 1.20 bits per heavy atom. The number of nitrogens with one attached hydrogen (secondary N) is 2. The van der Waals surface area contributed by atoms with Crippen molar-refractivity contribution >= 4 is 17.4 Å². The van der Waals surface area contributed by atoms with Gasteiger partial charge in [-0.25, -0.2) is 0 Å². The van der Waals surface area contributed by atoms with E-state index in [0.29, 0.717) is 35.8 Å². The van der Waals surface area contributed by atoms with Crippen LogP contribution in [0.15, 0.2) is 24.3 Å². The first-order valence-electron chi connectivity index (χ1n) is 7.69. The van der Waals surface area contributed by atoms with Gasteiger partial charge in [-0.1, -0.05) is 23.7 Å². The fourth-order valence-electron chi connectivity index (χ4n) is 2.74. The number of aromatic nitrogens is 2. The molecule has 9 heteroatoms. The summed E-state index contributed by atoms with van der Waals surface area (Å²) in [6, 6.07) is 4.96. The number of alkyl halides is 3. The van der Waals surface area contributed by atoms with Crippen LogP contribution in [-0.4, -0.2) is 40.7 Å². The molecule has 1 atom stereocenters. The molecule has 3 rings (SSSR count). The van der Waals surface area contributed by atoms with Crippen molar-refractivity contribution in [2.45, 2.75) is 25.2 Å². The van der Waals surface area contributed by atoms with Gasteiger partial charge in [0.05, 0.1) is 12.3 Å². The molecule has 0 radical (unpaired) electrons. The number of fused-ring (bicyclic) bond motifs is 1. The van der Waals surface area contributed by atoms with Gasteiger partial charge in [-0.15, -0.1) is 10.2 Å². The maximum absolute atomic E-state index is 12.9. The lowest BCUT2D eigenvalue weighted by Gasteiger charge is -2.25. The molecule has 1 aliphatic heterocycles. The smallest absolute Gasteiger partial charge is 0.394 e. The highest BCUT2D eigenvalue weighted by molar-refractivity contribution is 6.30. The van der Waals surface area contributed by atoms with Crippen LogP contribution in [0.25, 0.3) is 11.3 Å². The number of halogens is 4. The van der Waals surface area contributed by atoms with Crippen LogP contribution in [0, 0.1) is 0 Å². The van der Waals surface area contributed by atoms with Crippen molar-refractivity contribution in [1.82, 2.24) is 15.5 Å². The van der Waals surface area contributed by atoms with Gasteiger partial charge >= 0.3 is 6.18 Å². The highest BCUT2D eigenvalue weighted by Gasteiger charge is 2.40. The molecule has 5 nitrogen and oxygen atoms in total. The van der Waals surface area contributed by atoms with Gasteiger partial charge in [0, 0.05) is 22.7 Å². The molecule has 0 amide bonds. The minimum absolute atomic E-state index is 0.0382. The highest BCUT2D eigenvalue weighted by Crippen LogP contribution is 2.32. The molecule has 0 saturated heterocycles. The summed E-state index contributed by atoms with van der Waals surface area (Å²) in [7, 11) is 0. The third-order valence-corrected chi connectivity index (χ3v) is 4.30. The van der Waals surface area contributed by atoms with Crippen LogP contribution in [-0.2, 0) is 13.0 Å². The van der Waals surface area contributed by atoms with Crippen molar-refractivity contribution in [3.63, 3.8) is 0 Å². The van der Waals surface area contributed by atoms with E-state index in [-0.39, 0.29) is 5.82 Å². The zero-order valence-electron chi connectivity index (χ0n) is 13.1. The topological polar surface area (TPSA) is 70.1 Å². The van der Waals surface area contributed by atoms with Crippen LogP contribution in [0.5, 0.6) is 0 Å². The number of aliphatic hydroxyl groups excluding tert-OH is 1. The molecule has 0 spiro atoms. The second-order valence-corrected chi connectivity index (χ2v) is 6.15. The molecule has 0 saturated carbocycles. The SMILES string of the molecule is OC[C@H](Nc1nnc(-c2ccc(Cl)cc2)c2c1CNCC2)C(F)(F)F. The van der Waals surface area contributed by atoms with Crippen molar-refractivity contribution in [2.24, 2.45) is 0 Å². The van der Waals surface area contributed by atoms with E-state index in [9.17, 15) is 13.2 Å². The van der Waals surface area contributed by atoms with Crippen LogP contribution < -0.4 is 10.6 Å². The minimum Gasteiger partial charge on any atom is -0.394 e. The Kier molecular flexibility index (Phi) is 5.12. The largest absolute Gasteiger partial charge is 0.410 e. The lowest BCUT2D eigenvalue weighted by Crippen LogP contribution is -2.40. The Morgan fingerprint density at radius 2 is 1.92 bits per heavy atom. The average Bonchev–Trinajstić information content (AvgIpc) is 2.59. The maximum atomic E-state index is 12.9. The molecule has 3 N–H and O–H groups in total. The van der Waals surface area contributed by atoms with Crippen molar-refractivity contribution in [3.05, 3.63) is 40.4 Å². The van der Waals surface area contributed by atoms with Crippen LogP contribution in [0.3, 0.4) is 0 Å². The predicted octanol–water partition coefficient (Wildman–Crippen LogP) is 2.78. The summed E-state index contributed by atoms with van der Waals surface area (Å²) in [4.78, 5) is 0. The number of hydrogen-bond acceptors (Lipinski definition) is 5. The quantitative estimate of drug-likeness (QED) is 0.770. The average molecular weight is 373 g/mol. The molecule has 0 bridgehead atoms. The molecule has 0 fully saturated rings. The molecule has 134 valence electrons. The number of anilines is 1. The third kappa shape index (κ3) is 3.86. The van der Waals surface area contributed by atoms with Gasteiger partial charge in [0.1, 0.15) is 6.04 Å². The molecule has 1 aromatic carbocycles. The molecular formula is C16H16ClF3N4O. The van der Waals surface area contributed by atoms with Gasteiger partial charge in [-0.3, -0.25) is 0 Å². The molecule has 0 aliphatic carbocycles. The molecule has 25 heavy (non-hydrogen) atoms. The fraction of sp³-hybridized carbons (Fsp3) is 0.375. The Labute approximate surface area is 147 Å². The van der Waals surface area contributed by atoms with Crippen molar-refractivity contribution in [1.29, 1.82) is 0 Å². The van der Waals surface area contributed by atoms with Gasteiger partial charge in [0.25, 0.3) is 0 Å². The summed E-state index contributed by atoms with van der Waals surface area (Å²) < 4.78 is 38.8. The lowest BCUT2D eigenvalue weighted by molar-refractivity contribution is -0.149. The molecule has 1 aromatic heterocycles. The number of rotatable bonds is 4. The molecule has 2 aromatic rings. The van der Waals surface area contributed by atoms with E-state index >= 15 is 0 Å². The minimum atomic E-state index is -4.58. The van der Waals surface area contributed by atoms with Gasteiger partial charge in [-0.05, 0) is 30.7 Å². The summed E-state index contributed by atoms with van der Waals surface area (Å²) in [5.74, 6) is 0.0382. The Morgan fingerprint density at radius 3 is 2.56 bits per heavy atom. The van der Waals surface area contributed by atoms with Gasteiger partial charge in [0.15, 0.2) is 5.82 Å². The van der Waals surface area contributed by atoms with Crippen LogP contribution >= 0.6 is 11.6 Å². The normalized spacial score (nSPS) is 15.6. The Balaban J connectivity index is 2.01. The maximum Gasteiger partial charge on any atom is 0.410 e. The number of nitrogens with zero attached hydrogens (tertiary/aromatic N) is 2. The van der Waals surface area contributed by atoms with Crippen LogP contribution in [0.4, 0.5) is 19.0 Å². The summed E-state index contributed by atoms with van der Waals surface area (Å²) in [6.45, 7) is -0.00246. The van der Waals surface area contributed by atoms with Crippen molar-refractivity contribution < 1.29 is 18.3 Å². The molecule has 1 aliphatic rings. The summed E-state index contributed by atoms with van der Waals surface area (Å²) >= 11 is 5.90. The van der Waals surface area contributed by atoms with E-state index in [1.807, 2.05) is 0 Å². The van der Waals surface area contributed by atoms with E-state index in [1.54, 1.807) is 24.3 Å². The highest BCUT2D eigenvalue weighted by atomic mass is 35.5. The monoisotopic (exact) mass is 372 g/mol. The number of hydrogen-bond donors (Lipinski definition) is 3.